The summed E-state index contributed by atoms with van der Waals surface area (Å²) in [4.78, 5) is 4.41. The van der Waals surface area contributed by atoms with Gasteiger partial charge < -0.3 is 9.26 Å². The number of ether oxygens (including phenoxy) is 1. The normalized spacial score (nSPS) is 24.9. The summed E-state index contributed by atoms with van der Waals surface area (Å²) >= 11 is 0. The number of piperidine rings is 1. The third kappa shape index (κ3) is 4.05. The monoisotopic (exact) mass is 372 g/mol. The first-order valence-electron chi connectivity index (χ1n) is 8.98. The molecule has 0 bridgehead atoms. The fourth-order valence-corrected chi connectivity index (χ4v) is 4.88. The number of aromatic nitrogens is 2. The number of hydrogen-bond donors (Lipinski definition) is 0. The van der Waals surface area contributed by atoms with Crippen LogP contribution in [0.5, 0.6) is 0 Å². The van der Waals surface area contributed by atoms with Crippen molar-refractivity contribution >= 4 is 10.2 Å². The van der Waals surface area contributed by atoms with E-state index in [1.165, 1.54) is 4.31 Å². The quantitative estimate of drug-likeness (QED) is 0.773. The van der Waals surface area contributed by atoms with Crippen molar-refractivity contribution in [2.45, 2.75) is 51.0 Å². The molecular weight excluding hydrogens is 344 g/mol. The molecule has 0 N–H and O–H groups in total. The van der Waals surface area contributed by atoms with Gasteiger partial charge in [0.05, 0.1) is 5.60 Å². The molecule has 1 spiro atoms. The van der Waals surface area contributed by atoms with Crippen LogP contribution in [0.15, 0.2) is 4.52 Å². The van der Waals surface area contributed by atoms with Crippen LogP contribution in [0.2, 0.25) is 0 Å². The maximum Gasteiger partial charge on any atom is 0.281 e. The van der Waals surface area contributed by atoms with Gasteiger partial charge in [0.1, 0.15) is 0 Å². The second-order valence-electron chi connectivity index (χ2n) is 7.24. The first-order chi connectivity index (χ1) is 11.8. The largest absolute Gasteiger partial charge is 0.375 e. The second kappa shape index (κ2) is 7.30. The number of rotatable bonds is 5. The maximum absolute atomic E-state index is 12.3. The lowest BCUT2D eigenvalue weighted by atomic mass is 9.79. The number of hydrogen-bond acceptors (Lipinski definition) is 6. The summed E-state index contributed by atoms with van der Waals surface area (Å²) in [6, 6.07) is 0. The molecule has 25 heavy (non-hydrogen) atoms. The van der Waals surface area contributed by atoms with Gasteiger partial charge in [-0.25, -0.2) is 0 Å². The molecule has 0 saturated carbocycles. The van der Waals surface area contributed by atoms with E-state index in [1.807, 2.05) is 6.92 Å². The van der Waals surface area contributed by atoms with E-state index in [1.54, 1.807) is 18.4 Å². The van der Waals surface area contributed by atoms with Gasteiger partial charge in [0.15, 0.2) is 5.82 Å². The van der Waals surface area contributed by atoms with Crippen molar-refractivity contribution < 1.29 is 17.7 Å². The van der Waals surface area contributed by atoms with Crippen LogP contribution in [0.3, 0.4) is 0 Å². The van der Waals surface area contributed by atoms with Crippen molar-refractivity contribution in [1.29, 1.82) is 0 Å². The predicted octanol–water partition coefficient (Wildman–Crippen LogP) is 1.24. The fraction of sp³-hybridized carbons (Fsp3) is 0.875. The highest BCUT2D eigenvalue weighted by molar-refractivity contribution is 7.86. The zero-order chi connectivity index (χ0) is 18.1. The molecule has 2 aliphatic rings. The van der Waals surface area contributed by atoms with Crippen LogP contribution < -0.4 is 0 Å². The molecule has 9 heteroatoms. The lowest BCUT2D eigenvalue weighted by Gasteiger charge is -2.46. The molecule has 0 aromatic carbocycles. The first kappa shape index (κ1) is 18.8. The molecule has 2 aliphatic heterocycles. The highest BCUT2D eigenvalue weighted by Crippen LogP contribution is 2.39. The average molecular weight is 372 g/mol. The van der Waals surface area contributed by atoms with Crippen LogP contribution in [0.25, 0.3) is 0 Å². The SMILES string of the molecule is CCc1noc(CC2CCOC3(CCN(S(=O)(=O)N(C)C)CC3)C2)n1. The third-order valence-corrected chi connectivity index (χ3v) is 7.25. The van der Waals surface area contributed by atoms with Gasteiger partial charge in [-0.15, -0.1) is 0 Å². The first-order valence-corrected chi connectivity index (χ1v) is 10.4. The van der Waals surface area contributed by atoms with Crippen LogP contribution in [-0.4, -0.2) is 66.6 Å². The Kier molecular flexibility index (Phi) is 5.48. The zero-order valence-electron chi connectivity index (χ0n) is 15.3. The highest BCUT2D eigenvalue weighted by atomic mass is 32.2. The van der Waals surface area contributed by atoms with Gasteiger partial charge in [-0.3, -0.25) is 0 Å². The molecule has 1 aromatic heterocycles. The van der Waals surface area contributed by atoms with Gasteiger partial charge in [-0.05, 0) is 31.6 Å². The fourth-order valence-electron chi connectivity index (χ4n) is 3.77. The van der Waals surface area contributed by atoms with Crippen molar-refractivity contribution in [3.05, 3.63) is 11.7 Å². The molecule has 8 nitrogen and oxygen atoms in total. The molecule has 3 rings (SSSR count). The topological polar surface area (TPSA) is 88.8 Å². The van der Waals surface area contributed by atoms with Gasteiger partial charge in [0, 0.05) is 46.6 Å². The molecule has 1 aromatic rings. The lowest BCUT2D eigenvalue weighted by Crippen LogP contribution is -2.52. The van der Waals surface area contributed by atoms with Gasteiger partial charge in [-0.2, -0.15) is 22.0 Å². The van der Waals surface area contributed by atoms with E-state index < -0.39 is 10.2 Å². The minimum atomic E-state index is -3.34. The molecule has 0 aliphatic carbocycles. The molecule has 2 fully saturated rings. The summed E-state index contributed by atoms with van der Waals surface area (Å²) in [7, 11) is -0.197. The van der Waals surface area contributed by atoms with E-state index in [9.17, 15) is 8.42 Å². The van der Waals surface area contributed by atoms with Crippen molar-refractivity contribution in [3.8, 4) is 0 Å². The molecule has 1 unspecified atom stereocenters. The third-order valence-electron chi connectivity index (χ3n) is 5.31. The molecule has 0 radical (unpaired) electrons. The Hall–Kier alpha value is -1.03. The second-order valence-corrected chi connectivity index (χ2v) is 9.38. The van der Waals surface area contributed by atoms with Crippen LogP contribution in [-0.2, 0) is 27.8 Å². The van der Waals surface area contributed by atoms with Gasteiger partial charge in [-0.1, -0.05) is 12.1 Å². The summed E-state index contributed by atoms with van der Waals surface area (Å²) < 4.78 is 38.8. The minimum Gasteiger partial charge on any atom is -0.375 e. The minimum absolute atomic E-state index is 0.213. The molecule has 142 valence electrons. The average Bonchev–Trinajstić information content (AvgIpc) is 3.03. The Balaban J connectivity index is 1.60. The molecule has 0 amide bonds. The number of nitrogens with zero attached hydrogens (tertiary/aromatic N) is 4. The van der Waals surface area contributed by atoms with E-state index in [0.717, 1.165) is 44.3 Å². The van der Waals surface area contributed by atoms with Crippen LogP contribution in [0.4, 0.5) is 0 Å². The van der Waals surface area contributed by atoms with Crippen molar-refractivity contribution in [3.63, 3.8) is 0 Å². The summed E-state index contributed by atoms with van der Waals surface area (Å²) in [5, 5.41) is 3.96. The Bertz CT molecular complexity index is 680. The standard InChI is InChI=1S/C16H28N4O4S/c1-4-14-17-15(24-18-14)11-13-5-10-23-16(12-13)6-8-20(9-7-16)25(21,22)19(2)3/h13H,4-12H2,1-3H3. The summed E-state index contributed by atoms with van der Waals surface area (Å²) in [5.41, 5.74) is -0.213. The van der Waals surface area contributed by atoms with Gasteiger partial charge in [0.25, 0.3) is 10.2 Å². The molecule has 3 heterocycles. The van der Waals surface area contributed by atoms with E-state index in [-0.39, 0.29) is 5.60 Å². The lowest BCUT2D eigenvalue weighted by molar-refractivity contribution is -0.121. The van der Waals surface area contributed by atoms with Crippen LogP contribution in [0, 0.1) is 5.92 Å². The predicted molar refractivity (Wildman–Crippen MR) is 92.2 cm³/mol. The van der Waals surface area contributed by atoms with E-state index in [4.69, 9.17) is 9.26 Å². The van der Waals surface area contributed by atoms with Crippen molar-refractivity contribution in [2.24, 2.45) is 5.92 Å². The summed E-state index contributed by atoms with van der Waals surface area (Å²) in [6.45, 7) is 3.73. The molecule has 1 atom stereocenters. The van der Waals surface area contributed by atoms with E-state index >= 15 is 0 Å². The Morgan fingerprint density at radius 2 is 2.04 bits per heavy atom. The van der Waals surface area contributed by atoms with Crippen molar-refractivity contribution in [1.82, 2.24) is 18.8 Å². The van der Waals surface area contributed by atoms with Crippen LogP contribution in [0.1, 0.15) is 44.3 Å². The Labute approximate surface area is 149 Å². The summed E-state index contributed by atoms with van der Waals surface area (Å²) in [5.74, 6) is 1.89. The number of aryl methyl sites for hydroxylation is 1. The molecular formula is C16H28N4O4S. The highest BCUT2D eigenvalue weighted by Gasteiger charge is 2.43. The maximum atomic E-state index is 12.3. The molecule has 2 saturated heterocycles. The Morgan fingerprint density at radius 1 is 1.32 bits per heavy atom. The van der Waals surface area contributed by atoms with E-state index in [2.05, 4.69) is 10.1 Å². The van der Waals surface area contributed by atoms with Crippen molar-refractivity contribution in [2.75, 3.05) is 33.8 Å². The Morgan fingerprint density at radius 3 is 2.64 bits per heavy atom. The smallest absolute Gasteiger partial charge is 0.281 e. The van der Waals surface area contributed by atoms with Gasteiger partial charge in [0.2, 0.25) is 5.89 Å². The van der Waals surface area contributed by atoms with Crippen LogP contribution >= 0.6 is 0 Å². The summed E-state index contributed by atoms with van der Waals surface area (Å²) in [6.07, 6.45) is 4.93. The zero-order valence-corrected chi connectivity index (χ0v) is 16.1. The van der Waals surface area contributed by atoms with E-state index in [0.29, 0.717) is 31.5 Å². The van der Waals surface area contributed by atoms with Gasteiger partial charge >= 0.3 is 0 Å².